The molecule has 2 aromatic rings. The molecule has 0 aliphatic heterocycles. The molecule has 25 heavy (non-hydrogen) atoms. The molecule has 0 radical (unpaired) electrons. The first kappa shape index (κ1) is 15.6. The van der Waals surface area contributed by atoms with Gasteiger partial charge in [-0.25, -0.2) is 4.68 Å². The Morgan fingerprint density at radius 2 is 1.68 bits per heavy atom. The molecule has 1 aromatic carbocycles. The van der Waals surface area contributed by atoms with E-state index in [1.807, 2.05) is 35.1 Å². The van der Waals surface area contributed by atoms with E-state index in [-0.39, 0.29) is 17.1 Å². The molecule has 0 unspecified atom stereocenters. The maximum absolute atomic E-state index is 11.7. The number of alkyl halides is 1. The third kappa shape index (κ3) is 2.45. The van der Waals surface area contributed by atoms with Gasteiger partial charge in [-0.15, -0.1) is 16.7 Å². The normalized spacial score (nSPS) is 32.9. The Hall–Kier alpha value is -1.68. The summed E-state index contributed by atoms with van der Waals surface area (Å²) in [4.78, 5) is 11.7. The van der Waals surface area contributed by atoms with Crippen molar-refractivity contribution in [3.63, 3.8) is 0 Å². The second-order valence-corrected chi connectivity index (χ2v) is 8.60. The minimum atomic E-state index is -0.0480. The topological polar surface area (TPSA) is 47.8 Å². The van der Waals surface area contributed by atoms with Crippen molar-refractivity contribution in [2.45, 2.75) is 43.9 Å². The molecule has 0 N–H and O–H groups in total. The van der Waals surface area contributed by atoms with Gasteiger partial charge in [0, 0.05) is 11.0 Å². The molecule has 5 heteroatoms. The summed E-state index contributed by atoms with van der Waals surface area (Å²) >= 11 is 5.65. The van der Waals surface area contributed by atoms with Crippen LogP contribution in [0.5, 0.6) is 0 Å². The number of hydrogen-bond donors (Lipinski definition) is 0. The van der Waals surface area contributed by atoms with Crippen LogP contribution in [0.1, 0.15) is 54.6 Å². The molecule has 0 saturated heterocycles. The quantitative estimate of drug-likeness (QED) is 0.611. The van der Waals surface area contributed by atoms with Crippen LogP contribution < -0.4 is 0 Å². The van der Waals surface area contributed by atoms with Gasteiger partial charge in [0.2, 0.25) is 0 Å². The summed E-state index contributed by atoms with van der Waals surface area (Å²) in [6.07, 6.45) is 10.1. The molecule has 6 rings (SSSR count). The van der Waals surface area contributed by atoms with Crippen LogP contribution >= 0.6 is 11.6 Å². The van der Waals surface area contributed by atoms with Crippen molar-refractivity contribution < 1.29 is 4.79 Å². The Morgan fingerprint density at radius 1 is 1.08 bits per heavy atom. The van der Waals surface area contributed by atoms with E-state index < -0.39 is 0 Å². The lowest BCUT2D eigenvalue weighted by molar-refractivity contribution is -0.00828. The first-order chi connectivity index (χ1) is 12.2. The van der Waals surface area contributed by atoms with E-state index in [4.69, 9.17) is 11.6 Å². The van der Waals surface area contributed by atoms with Gasteiger partial charge in [0.15, 0.2) is 5.78 Å². The number of carbonyl (C=O) groups excluding carboxylic acids is 1. The van der Waals surface area contributed by atoms with Gasteiger partial charge in [-0.3, -0.25) is 4.79 Å². The van der Waals surface area contributed by atoms with E-state index in [1.54, 1.807) is 0 Å². The van der Waals surface area contributed by atoms with Crippen molar-refractivity contribution >= 4 is 17.4 Å². The van der Waals surface area contributed by atoms with Gasteiger partial charge in [0.25, 0.3) is 0 Å². The molecule has 4 bridgehead atoms. The summed E-state index contributed by atoms with van der Waals surface area (Å²) in [6.45, 7) is 0. The van der Waals surface area contributed by atoms with Gasteiger partial charge in [-0.1, -0.05) is 5.21 Å². The smallest absolute Gasteiger partial charge is 0.177 e. The number of ketones is 1. The van der Waals surface area contributed by atoms with Crippen molar-refractivity contribution in [3.05, 3.63) is 41.7 Å². The number of halogens is 1. The largest absolute Gasteiger partial charge is 0.293 e. The molecule has 1 heterocycles. The average Bonchev–Trinajstić information content (AvgIpc) is 3.11. The number of hydrogen-bond acceptors (Lipinski definition) is 3. The lowest BCUT2D eigenvalue weighted by Crippen LogP contribution is -2.49. The third-order valence-electron chi connectivity index (χ3n) is 6.69. The fraction of sp³-hybridized carbons (Fsp3) is 0.550. The van der Waals surface area contributed by atoms with Crippen LogP contribution in [0.4, 0.5) is 0 Å². The average molecular weight is 356 g/mol. The van der Waals surface area contributed by atoms with E-state index in [9.17, 15) is 4.79 Å². The Bertz CT molecular complexity index is 775. The second-order valence-electron chi connectivity index (χ2n) is 8.33. The van der Waals surface area contributed by atoms with Crippen molar-refractivity contribution in [1.29, 1.82) is 0 Å². The minimum Gasteiger partial charge on any atom is -0.293 e. The highest BCUT2D eigenvalue weighted by atomic mass is 35.5. The summed E-state index contributed by atoms with van der Waals surface area (Å²) in [5.41, 5.74) is 3.15. The molecule has 1 aromatic heterocycles. The van der Waals surface area contributed by atoms with E-state index >= 15 is 0 Å². The van der Waals surface area contributed by atoms with Crippen molar-refractivity contribution in [2.75, 3.05) is 5.88 Å². The molecule has 4 fully saturated rings. The summed E-state index contributed by atoms with van der Waals surface area (Å²) in [6, 6.07) is 7.59. The number of rotatable bonds is 4. The van der Waals surface area contributed by atoms with Gasteiger partial charge >= 0.3 is 0 Å². The molecular formula is C20H22ClN3O. The standard InChI is InChI=1S/C20H22ClN3O/c21-11-18(25)16-1-3-17(4-2-16)24-19(12-22-23-24)20-8-13-5-14(9-20)7-15(6-13)10-20/h1-4,12-15H,5-11H2. The number of benzene rings is 1. The van der Waals surface area contributed by atoms with Crippen LogP contribution in [-0.4, -0.2) is 26.7 Å². The summed E-state index contributed by atoms with van der Waals surface area (Å²) in [5, 5.41) is 8.65. The SMILES string of the molecule is O=C(CCl)c1ccc(-n2nncc2C23CC4CC(CC(C4)C2)C3)cc1. The van der Waals surface area contributed by atoms with Gasteiger partial charge in [-0.2, -0.15) is 0 Å². The van der Waals surface area contributed by atoms with Gasteiger partial charge in [0.1, 0.15) is 0 Å². The highest BCUT2D eigenvalue weighted by Crippen LogP contribution is 2.60. The third-order valence-corrected chi connectivity index (χ3v) is 6.93. The Kier molecular flexibility index (Phi) is 3.53. The van der Waals surface area contributed by atoms with Gasteiger partial charge < -0.3 is 0 Å². The zero-order valence-corrected chi connectivity index (χ0v) is 15.0. The molecule has 4 nitrogen and oxygen atoms in total. The Labute approximate surface area is 152 Å². The summed E-state index contributed by atoms with van der Waals surface area (Å²) < 4.78 is 2.00. The molecule has 130 valence electrons. The Balaban J connectivity index is 1.51. The molecular weight excluding hydrogens is 334 g/mol. The van der Waals surface area contributed by atoms with E-state index in [0.29, 0.717) is 5.56 Å². The molecule has 4 aliphatic rings. The lowest BCUT2D eigenvalue weighted by atomic mass is 9.49. The van der Waals surface area contributed by atoms with Crippen LogP contribution in [0.3, 0.4) is 0 Å². The van der Waals surface area contributed by atoms with E-state index in [1.165, 1.54) is 44.2 Å². The van der Waals surface area contributed by atoms with Crippen molar-refractivity contribution in [1.82, 2.24) is 15.0 Å². The number of aromatic nitrogens is 3. The number of carbonyl (C=O) groups is 1. The molecule has 0 amide bonds. The van der Waals surface area contributed by atoms with Gasteiger partial charge in [-0.05, 0) is 80.5 Å². The van der Waals surface area contributed by atoms with E-state index in [0.717, 1.165) is 23.4 Å². The highest BCUT2D eigenvalue weighted by molar-refractivity contribution is 6.30. The highest BCUT2D eigenvalue weighted by Gasteiger charge is 2.53. The first-order valence-corrected chi connectivity index (χ1v) is 9.81. The summed E-state index contributed by atoms with van der Waals surface area (Å²) in [7, 11) is 0. The van der Waals surface area contributed by atoms with Crippen LogP contribution in [0, 0.1) is 17.8 Å². The predicted octanol–water partition coefficient (Wildman–Crippen LogP) is 4.16. The van der Waals surface area contributed by atoms with Crippen LogP contribution in [0.2, 0.25) is 0 Å². The van der Waals surface area contributed by atoms with Crippen molar-refractivity contribution in [2.24, 2.45) is 17.8 Å². The Morgan fingerprint density at radius 3 is 2.24 bits per heavy atom. The second kappa shape index (κ2) is 5.66. The minimum absolute atomic E-state index is 0.0151. The number of nitrogens with zero attached hydrogens (tertiary/aromatic N) is 3. The zero-order chi connectivity index (χ0) is 17.0. The first-order valence-electron chi connectivity index (χ1n) is 9.28. The molecule has 4 saturated carbocycles. The monoisotopic (exact) mass is 355 g/mol. The van der Waals surface area contributed by atoms with E-state index in [2.05, 4.69) is 10.3 Å². The fourth-order valence-electron chi connectivity index (χ4n) is 6.08. The molecule has 0 atom stereocenters. The van der Waals surface area contributed by atoms with Crippen LogP contribution in [0.15, 0.2) is 30.5 Å². The lowest BCUT2D eigenvalue weighted by Gasteiger charge is -2.56. The zero-order valence-electron chi connectivity index (χ0n) is 14.2. The predicted molar refractivity (Wildman–Crippen MR) is 96.3 cm³/mol. The maximum Gasteiger partial charge on any atom is 0.177 e. The number of Topliss-reactive ketones (excluding diaryl/α,β-unsaturated/α-hetero) is 1. The maximum atomic E-state index is 11.7. The fourth-order valence-corrected chi connectivity index (χ4v) is 6.23. The molecule has 4 aliphatic carbocycles. The van der Waals surface area contributed by atoms with Crippen LogP contribution in [-0.2, 0) is 5.41 Å². The molecule has 0 spiro atoms. The summed E-state index contributed by atoms with van der Waals surface area (Å²) in [5.74, 6) is 2.63. The van der Waals surface area contributed by atoms with Crippen LogP contribution in [0.25, 0.3) is 5.69 Å². The van der Waals surface area contributed by atoms with Crippen molar-refractivity contribution in [3.8, 4) is 5.69 Å². The van der Waals surface area contributed by atoms with Gasteiger partial charge in [0.05, 0.1) is 23.5 Å².